The van der Waals surface area contributed by atoms with Gasteiger partial charge in [0.25, 0.3) is 0 Å². The van der Waals surface area contributed by atoms with Gasteiger partial charge in [-0.3, -0.25) is 4.98 Å². The predicted molar refractivity (Wildman–Crippen MR) is 58.5 cm³/mol. The molecule has 0 aliphatic heterocycles. The SMILES string of the molecule is CC1CCC(Oc2cncc(N)n2)CC1. The Hall–Kier alpha value is -1.32. The lowest BCUT2D eigenvalue weighted by Crippen LogP contribution is -2.23. The van der Waals surface area contributed by atoms with E-state index in [1.807, 2.05) is 0 Å². The topological polar surface area (TPSA) is 61.0 Å². The number of nitrogens with zero attached hydrogens (tertiary/aromatic N) is 2. The van der Waals surface area contributed by atoms with Gasteiger partial charge in [0, 0.05) is 0 Å². The summed E-state index contributed by atoms with van der Waals surface area (Å²) >= 11 is 0. The van der Waals surface area contributed by atoms with E-state index in [0.29, 0.717) is 11.7 Å². The van der Waals surface area contributed by atoms with E-state index in [1.54, 1.807) is 6.20 Å². The van der Waals surface area contributed by atoms with Crippen LogP contribution in [0.5, 0.6) is 5.88 Å². The van der Waals surface area contributed by atoms with E-state index in [-0.39, 0.29) is 6.10 Å². The lowest BCUT2D eigenvalue weighted by atomic mass is 9.89. The highest BCUT2D eigenvalue weighted by molar-refractivity contribution is 5.26. The Morgan fingerprint density at radius 1 is 1.27 bits per heavy atom. The molecule has 1 aromatic rings. The van der Waals surface area contributed by atoms with Gasteiger partial charge in [0.05, 0.1) is 12.4 Å². The van der Waals surface area contributed by atoms with Crippen LogP contribution in [-0.2, 0) is 0 Å². The summed E-state index contributed by atoms with van der Waals surface area (Å²) in [5.41, 5.74) is 5.53. The first-order chi connectivity index (χ1) is 7.24. The molecule has 2 N–H and O–H groups in total. The minimum atomic E-state index is 0.289. The van der Waals surface area contributed by atoms with Crippen molar-refractivity contribution >= 4 is 5.82 Å². The quantitative estimate of drug-likeness (QED) is 0.805. The van der Waals surface area contributed by atoms with Crippen molar-refractivity contribution in [3.05, 3.63) is 12.4 Å². The Morgan fingerprint density at radius 2 is 2.00 bits per heavy atom. The van der Waals surface area contributed by atoms with Gasteiger partial charge in [-0.2, -0.15) is 4.98 Å². The smallest absolute Gasteiger partial charge is 0.234 e. The second-order valence-electron chi connectivity index (χ2n) is 4.28. The molecular formula is C11H17N3O. The molecular weight excluding hydrogens is 190 g/mol. The van der Waals surface area contributed by atoms with Crippen molar-refractivity contribution in [2.75, 3.05) is 5.73 Å². The van der Waals surface area contributed by atoms with Gasteiger partial charge >= 0.3 is 0 Å². The fourth-order valence-corrected chi connectivity index (χ4v) is 1.94. The summed E-state index contributed by atoms with van der Waals surface area (Å²) in [7, 11) is 0. The number of aromatic nitrogens is 2. The average molecular weight is 207 g/mol. The highest BCUT2D eigenvalue weighted by Crippen LogP contribution is 2.26. The Bertz CT molecular complexity index is 321. The first-order valence-electron chi connectivity index (χ1n) is 5.48. The minimum absolute atomic E-state index is 0.289. The van der Waals surface area contributed by atoms with Crippen molar-refractivity contribution in [3.63, 3.8) is 0 Å². The van der Waals surface area contributed by atoms with E-state index in [9.17, 15) is 0 Å². The molecule has 0 aromatic carbocycles. The van der Waals surface area contributed by atoms with Gasteiger partial charge in [-0.1, -0.05) is 6.92 Å². The van der Waals surface area contributed by atoms with Crippen molar-refractivity contribution in [3.8, 4) is 5.88 Å². The number of hydrogen-bond donors (Lipinski definition) is 1. The summed E-state index contributed by atoms with van der Waals surface area (Å²) in [6.07, 6.45) is 8.12. The first-order valence-corrected chi connectivity index (χ1v) is 5.48. The number of nitrogens with two attached hydrogens (primary N) is 1. The number of rotatable bonds is 2. The van der Waals surface area contributed by atoms with Gasteiger partial charge in [-0.25, -0.2) is 0 Å². The summed E-state index contributed by atoms with van der Waals surface area (Å²) in [6, 6.07) is 0. The van der Waals surface area contributed by atoms with Crippen molar-refractivity contribution in [2.45, 2.75) is 38.7 Å². The molecule has 1 heterocycles. The molecule has 1 aromatic heterocycles. The van der Waals surface area contributed by atoms with E-state index < -0.39 is 0 Å². The van der Waals surface area contributed by atoms with Gasteiger partial charge in [-0.05, 0) is 31.6 Å². The van der Waals surface area contributed by atoms with Crippen LogP contribution in [0.15, 0.2) is 12.4 Å². The third kappa shape index (κ3) is 2.81. The summed E-state index contributed by atoms with van der Waals surface area (Å²) in [6.45, 7) is 2.29. The number of nitrogen functional groups attached to an aromatic ring is 1. The zero-order valence-electron chi connectivity index (χ0n) is 9.02. The van der Waals surface area contributed by atoms with Gasteiger partial charge in [0.2, 0.25) is 5.88 Å². The molecule has 0 spiro atoms. The molecule has 0 bridgehead atoms. The zero-order chi connectivity index (χ0) is 10.7. The Kier molecular flexibility index (Phi) is 3.04. The largest absolute Gasteiger partial charge is 0.473 e. The molecule has 1 aliphatic carbocycles. The van der Waals surface area contributed by atoms with Crippen LogP contribution in [-0.4, -0.2) is 16.1 Å². The lowest BCUT2D eigenvalue weighted by molar-refractivity contribution is 0.130. The van der Waals surface area contributed by atoms with Gasteiger partial charge in [-0.15, -0.1) is 0 Å². The maximum Gasteiger partial charge on any atom is 0.234 e. The maximum atomic E-state index is 5.73. The van der Waals surface area contributed by atoms with E-state index >= 15 is 0 Å². The standard InChI is InChI=1S/C11H17N3O/c1-8-2-4-9(5-3-8)15-11-7-13-6-10(12)14-11/h6-9H,2-5H2,1H3,(H2,12,14). The average Bonchev–Trinajstić information content (AvgIpc) is 2.22. The highest BCUT2D eigenvalue weighted by atomic mass is 16.5. The predicted octanol–water partition coefficient (Wildman–Crippen LogP) is 2.02. The van der Waals surface area contributed by atoms with Crippen LogP contribution in [0, 0.1) is 5.92 Å². The molecule has 1 aliphatic rings. The Labute approximate surface area is 89.9 Å². The van der Waals surface area contributed by atoms with Crippen LogP contribution >= 0.6 is 0 Å². The number of ether oxygens (including phenoxy) is 1. The molecule has 0 radical (unpaired) electrons. The van der Waals surface area contributed by atoms with Crippen molar-refractivity contribution in [2.24, 2.45) is 5.92 Å². The van der Waals surface area contributed by atoms with Gasteiger partial charge < -0.3 is 10.5 Å². The molecule has 0 unspecified atom stereocenters. The number of anilines is 1. The molecule has 82 valence electrons. The molecule has 0 amide bonds. The second-order valence-corrected chi connectivity index (χ2v) is 4.28. The van der Waals surface area contributed by atoms with Gasteiger partial charge in [0.1, 0.15) is 11.9 Å². The van der Waals surface area contributed by atoms with Crippen LogP contribution < -0.4 is 10.5 Å². The maximum absolute atomic E-state index is 5.73. The molecule has 4 nitrogen and oxygen atoms in total. The van der Waals surface area contributed by atoms with E-state index in [1.165, 1.54) is 19.0 Å². The fraction of sp³-hybridized carbons (Fsp3) is 0.636. The third-order valence-corrected chi connectivity index (χ3v) is 2.88. The van der Waals surface area contributed by atoms with Crippen LogP contribution in [0.25, 0.3) is 0 Å². The minimum Gasteiger partial charge on any atom is -0.473 e. The highest BCUT2D eigenvalue weighted by Gasteiger charge is 2.19. The Morgan fingerprint density at radius 3 is 2.67 bits per heavy atom. The molecule has 0 saturated heterocycles. The first kappa shape index (κ1) is 10.2. The van der Waals surface area contributed by atoms with Crippen LogP contribution in [0.1, 0.15) is 32.6 Å². The molecule has 15 heavy (non-hydrogen) atoms. The van der Waals surface area contributed by atoms with Gasteiger partial charge in [0.15, 0.2) is 0 Å². The van der Waals surface area contributed by atoms with E-state index in [0.717, 1.165) is 18.8 Å². The van der Waals surface area contributed by atoms with E-state index in [4.69, 9.17) is 10.5 Å². The zero-order valence-corrected chi connectivity index (χ0v) is 9.02. The van der Waals surface area contributed by atoms with Crippen LogP contribution in [0.3, 0.4) is 0 Å². The Balaban J connectivity index is 1.92. The third-order valence-electron chi connectivity index (χ3n) is 2.88. The molecule has 1 fully saturated rings. The molecule has 4 heteroatoms. The molecule has 2 rings (SSSR count). The van der Waals surface area contributed by atoms with Crippen molar-refractivity contribution in [1.82, 2.24) is 9.97 Å². The van der Waals surface area contributed by atoms with E-state index in [2.05, 4.69) is 16.9 Å². The second kappa shape index (κ2) is 4.47. The van der Waals surface area contributed by atoms with Crippen LogP contribution in [0.2, 0.25) is 0 Å². The van der Waals surface area contributed by atoms with Crippen molar-refractivity contribution < 1.29 is 4.74 Å². The summed E-state index contributed by atoms with van der Waals surface area (Å²) in [5, 5.41) is 0. The number of hydrogen-bond acceptors (Lipinski definition) is 4. The molecule has 0 atom stereocenters. The normalized spacial score (nSPS) is 26.2. The fourth-order valence-electron chi connectivity index (χ4n) is 1.94. The monoisotopic (exact) mass is 207 g/mol. The summed E-state index contributed by atoms with van der Waals surface area (Å²) < 4.78 is 5.73. The molecule has 1 saturated carbocycles. The summed E-state index contributed by atoms with van der Waals surface area (Å²) in [5.74, 6) is 1.79. The summed E-state index contributed by atoms with van der Waals surface area (Å²) in [4.78, 5) is 8.03. The van der Waals surface area contributed by atoms with Crippen molar-refractivity contribution in [1.29, 1.82) is 0 Å². The van der Waals surface area contributed by atoms with Crippen LogP contribution in [0.4, 0.5) is 5.82 Å². The lowest BCUT2D eigenvalue weighted by Gasteiger charge is -2.26.